The maximum absolute atomic E-state index is 14.5. The van der Waals surface area contributed by atoms with E-state index in [1.165, 1.54) is 12.1 Å². The summed E-state index contributed by atoms with van der Waals surface area (Å²) in [6.45, 7) is -0.464. The lowest BCUT2D eigenvalue weighted by molar-refractivity contribution is -0.143. The van der Waals surface area contributed by atoms with E-state index in [0.29, 0.717) is 46.0 Å². The number of hydrogen-bond donors (Lipinski definition) is 2. The highest BCUT2D eigenvalue weighted by atomic mass is 79.9. The van der Waals surface area contributed by atoms with Gasteiger partial charge in [0.1, 0.15) is 5.75 Å². The van der Waals surface area contributed by atoms with Crippen LogP contribution in [0.2, 0.25) is 10.0 Å². The highest BCUT2D eigenvalue weighted by Gasteiger charge is 2.54. The van der Waals surface area contributed by atoms with Crippen molar-refractivity contribution in [2.45, 2.75) is 43.4 Å². The first-order valence-electron chi connectivity index (χ1n) is 15.0. The minimum atomic E-state index is -5.07. The van der Waals surface area contributed by atoms with Crippen molar-refractivity contribution in [1.82, 2.24) is 5.32 Å². The van der Waals surface area contributed by atoms with Crippen LogP contribution in [0, 0.1) is 0 Å². The van der Waals surface area contributed by atoms with Crippen LogP contribution in [0.3, 0.4) is 0 Å². The van der Waals surface area contributed by atoms with Gasteiger partial charge in [0.2, 0.25) is 5.90 Å². The van der Waals surface area contributed by atoms with Gasteiger partial charge >= 0.3 is 12.4 Å². The molecular formula is C35H27BrCl2F6N2O4. The molecule has 0 aliphatic carbocycles. The topological polar surface area (TPSA) is 80.2 Å². The molecule has 4 aromatic carbocycles. The third kappa shape index (κ3) is 8.74. The number of aliphatic hydroxyl groups is 1. The van der Waals surface area contributed by atoms with Crippen LogP contribution in [0.25, 0.3) is 0 Å². The Hall–Kier alpha value is -3.78. The maximum atomic E-state index is 14.5. The molecule has 0 bridgehead atoms. The van der Waals surface area contributed by atoms with Crippen molar-refractivity contribution in [3.63, 3.8) is 0 Å². The summed E-state index contributed by atoms with van der Waals surface area (Å²) in [5.41, 5.74) is -3.97. The molecule has 1 heterocycles. The van der Waals surface area contributed by atoms with Crippen LogP contribution in [-0.4, -0.2) is 35.7 Å². The first-order valence-corrected chi connectivity index (χ1v) is 16.5. The van der Waals surface area contributed by atoms with E-state index in [1.54, 1.807) is 54.6 Å². The summed E-state index contributed by atoms with van der Waals surface area (Å²) < 4.78 is 94.3. The van der Waals surface area contributed by atoms with Gasteiger partial charge in [-0.3, -0.25) is 4.79 Å². The summed E-state index contributed by atoms with van der Waals surface area (Å²) in [5.74, 6) is -0.328. The number of hydrogen-bond acceptors (Lipinski definition) is 5. The number of carbonyl (C=O) groups excluding carboxylic acids is 1. The summed E-state index contributed by atoms with van der Waals surface area (Å²) >= 11 is 16.2. The monoisotopic (exact) mass is 802 g/mol. The van der Waals surface area contributed by atoms with E-state index in [0.717, 1.165) is 4.47 Å². The molecule has 4 aromatic rings. The Morgan fingerprint density at radius 3 is 2.12 bits per heavy atom. The minimum absolute atomic E-state index is 0.0171. The Morgan fingerprint density at radius 2 is 1.54 bits per heavy atom. The molecule has 6 nitrogen and oxygen atoms in total. The number of carbonyl (C=O) groups is 1. The first kappa shape index (κ1) is 37.5. The van der Waals surface area contributed by atoms with E-state index < -0.39 is 53.1 Å². The predicted octanol–water partition coefficient (Wildman–Crippen LogP) is 9.37. The maximum Gasteiger partial charge on any atom is 0.416 e. The fraction of sp³-hybridized carbons (Fsp3) is 0.257. The van der Waals surface area contributed by atoms with Crippen molar-refractivity contribution in [2.24, 2.45) is 4.99 Å². The molecule has 0 aromatic heterocycles. The summed E-state index contributed by atoms with van der Waals surface area (Å²) in [6.07, 6.45) is -11.1. The van der Waals surface area contributed by atoms with Crippen molar-refractivity contribution in [2.75, 3.05) is 13.2 Å². The van der Waals surface area contributed by atoms with Gasteiger partial charge in [-0.1, -0.05) is 57.3 Å². The van der Waals surface area contributed by atoms with Gasteiger partial charge in [-0.25, -0.2) is 4.99 Å². The largest absolute Gasteiger partial charge is 0.494 e. The quantitative estimate of drug-likeness (QED) is 0.117. The molecule has 0 saturated carbocycles. The Morgan fingerprint density at radius 1 is 0.900 bits per heavy atom. The lowest BCUT2D eigenvalue weighted by atomic mass is 9.82. The molecule has 1 aliphatic rings. The zero-order valence-corrected chi connectivity index (χ0v) is 28.8. The highest BCUT2D eigenvalue weighted by molar-refractivity contribution is 9.10. The van der Waals surface area contributed by atoms with E-state index in [1.807, 2.05) is 0 Å². The molecular weight excluding hydrogens is 777 g/mol. The van der Waals surface area contributed by atoms with Gasteiger partial charge < -0.3 is 19.9 Å². The summed E-state index contributed by atoms with van der Waals surface area (Å²) in [6, 6.07) is 19.2. The number of halogens is 9. The number of benzene rings is 4. The molecule has 0 spiro atoms. The van der Waals surface area contributed by atoms with Gasteiger partial charge in [-0.2, -0.15) is 26.3 Å². The Bertz CT molecular complexity index is 1840. The standard InChI is InChI=1S/C35H27BrCl2F6N2O4/c36-25-6-2-20(3-7-25)18-33(32(48)45-19-21-14-23(34(39,40)41)16-24(15-21)35(42,43)44)30(28-11-8-26(37)17-29(28)38)50-31(46-33)22-4-9-27(10-5-22)49-13-1-12-47/h2-11,14-17,30,47H,1,12-13,18-19H2,(H,45,48)/t30-,33-/m1/s1. The number of amides is 1. The zero-order valence-electron chi connectivity index (χ0n) is 25.7. The minimum Gasteiger partial charge on any atom is -0.494 e. The van der Waals surface area contributed by atoms with E-state index in [-0.39, 0.29) is 36.6 Å². The Balaban J connectivity index is 1.60. The molecule has 0 saturated heterocycles. The smallest absolute Gasteiger partial charge is 0.416 e. The van der Waals surface area contributed by atoms with Crippen LogP contribution in [0.5, 0.6) is 5.75 Å². The van der Waals surface area contributed by atoms with Crippen molar-refractivity contribution in [1.29, 1.82) is 0 Å². The number of nitrogens with zero attached hydrogens (tertiary/aromatic N) is 1. The molecule has 0 unspecified atom stereocenters. The van der Waals surface area contributed by atoms with Crippen LogP contribution in [0.15, 0.2) is 94.4 Å². The Labute approximate surface area is 301 Å². The fourth-order valence-corrected chi connectivity index (χ4v) is 6.12. The second kappa shape index (κ2) is 15.2. The lowest BCUT2D eigenvalue weighted by Crippen LogP contribution is -2.49. The van der Waals surface area contributed by atoms with Crippen LogP contribution in [0.4, 0.5) is 26.3 Å². The lowest BCUT2D eigenvalue weighted by Gasteiger charge is -2.31. The number of ether oxygens (including phenoxy) is 2. The van der Waals surface area contributed by atoms with Crippen LogP contribution < -0.4 is 10.1 Å². The summed E-state index contributed by atoms with van der Waals surface area (Å²) in [4.78, 5) is 19.3. The third-order valence-corrected chi connectivity index (χ3v) is 8.85. The van der Waals surface area contributed by atoms with Crippen molar-refractivity contribution in [3.8, 4) is 5.75 Å². The van der Waals surface area contributed by atoms with Gasteiger partial charge in [0.05, 0.1) is 17.7 Å². The number of aliphatic hydroxyl groups excluding tert-OH is 1. The number of alkyl halides is 6. The molecule has 1 amide bonds. The van der Waals surface area contributed by atoms with E-state index in [9.17, 15) is 31.1 Å². The number of nitrogens with one attached hydrogen (secondary N) is 1. The molecule has 2 N–H and O–H groups in total. The van der Waals surface area contributed by atoms with Crippen molar-refractivity contribution >= 4 is 50.9 Å². The molecule has 1 aliphatic heterocycles. The highest BCUT2D eigenvalue weighted by Crippen LogP contribution is 2.45. The first-order chi connectivity index (χ1) is 23.6. The Kier molecular flexibility index (Phi) is 11.4. The normalized spacial score (nSPS) is 17.6. The van der Waals surface area contributed by atoms with Gasteiger partial charge in [-0.05, 0) is 77.9 Å². The predicted molar refractivity (Wildman–Crippen MR) is 179 cm³/mol. The second-order valence-electron chi connectivity index (χ2n) is 11.4. The van der Waals surface area contributed by atoms with Crippen LogP contribution in [-0.2, 0) is 34.8 Å². The molecule has 50 heavy (non-hydrogen) atoms. The second-order valence-corrected chi connectivity index (χ2v) is 13.1. The molecule has 5 rings (SSSR count). The molecule has 0 fully saturated rings. The van der Waals surface area contributed by atoms with E-state index >= 15 is 0 Å². The fourth-order valence-electron chi connectivity index (χ4n) is 5.34. The third-order valence-electron chi connectivity index (χ3n) is 7.76. The van der Waals surface area contributed by atoms with Gasteiger partial charge in [-0.15, -0.1) is 0 Å². The number of rotatable bonds is 11. The van der Waals surface area contributed by atoms with Gasteiger partial charge in [0, 0.05) is 51.6 Å². The van der Waals surface area contributed by atoms with Crippen LogP contribution in [0.1, 0.15) is 45.9 Å². The van der Waals surface area contributed by atoms with Crippen LogP contribution >= 0.6 is 39.1 Å². The summed E-state index contributed by atoms with van der Waals surface area (Å²) in [7, 11) is 0. The molecule has 2 atom stereocenters. The van der Waals surface area contributed by atoms with Crippen molar-refractivity contribution < 1.29 is 45.7 Å². The van der Waals surface area contributed by atoms with Gasteiger partial charge in [0.25, 0.3) is 5.91 Å². The average Bonchev–Trinajstić information content (AvgIpc) is 3.44. The number of aliphatic imine (C=N–C) groups is 1. The van der Waals surface area contributed by atoms with Gasteiger partial charge in [0.15, 0.2) is 11.6 Å². The van der Waals surface area contributed by atoms with Crippen molar-refractivity contribution in [3.05, 3.63) is 133 Å². The van der Waals surface area contributed by atoms with E-state index in [4.69, 9.17) is 42.8 Å². The molecule has 0 radical (unpaired) electrons. The van der Waals surface area contributed by atoms with E-state index in [2.05, 4.69) is 21.2 Å². The molecule has 264 valence electrons. The molecule has 15 heteroatoms. The summed E-state index contributed by atoms with van der Waals surface area (Å²) in [5, 5.41) is 12.0. The SMILES string of the molecule is O=C(NCc1cc(C(F)(F)F)cc(C(F)(F)F)c1)[C@]1(Cc2ccc(Br)cc2)N=C(c2ccc(OCCCO)cc2)O[C@@H]1c1ccc(Cl)cc1Cl. The average molecular weight is 804 g/mol. The zero-order chi connectivity index (χ0) is 36.3.